The van der Waals surface area contributed by atoms with Crippen molar-refractivity contribution < 1.29 is 28.9 Å². The van der Waals surface area contributed by atoms with Crippen molar-refractivity contribution in [2.45, 2.75) is 44.1 Å². The molecule has 0 amide bonds. The maximum Gasteiger partial charge on any atom is 0.328 e. The molecule has 3 aromatic rings. The lowest BCUT2D eigenvalue weighted by Crippen LogP contribution is -2.44. The Hall–Kier alpha value is -3.07. The average molecular weight is 478 g/mol. The highest BCUT2D eigenvalue weighted by atomic mass is 16.6. The van der Waals surface area contributed by atoms with Crippen LogP contribution in [0, 0.1) is 0 Å². The van der Waals surface area contributed by atoms with Crippen LogP contribution in [0.3, 0.4) is 0 Å². The van der Waals surface area contributed by atoms with E-state index in [1.54, 1.807) is 0 Å². The Morgan fingerprint density at radius 3 is 1.69 bits per heavy atom. The molecule has 0 bridgehead atoms. The Morgan fingerprint density at radius 2 is 1.20 bits per heavy atom. The highest BCUT2D eigenvalue weighted by Crippen LogP contribution is 2.31. The van der Waals surface area contributed by atoms with Gasteiger partial charge in [0.05, 0.1) is 39.6 Å². The first-order chi connectivity index (χ1) is 17.2. The second-order valence-electron chi connectivity index (χ2n) is 8.44. The van der Waals surface area contributed by atoms with Gasteiger partial charge in [-0.15, -0.1) is 0 Å². The first-order valence-corrected chi connectivity index (χ1v) is 11.6. The summed E-state index contributed by atoms with van der Waals surface area (Å²) in [6, 6.07) is 27.5. The molecule has 4 rings (SSSR count). The molecule has 0 saturated carbocycles. The van der Waals surface area contributed by atoms with Gasteiger partial charge in [-0.1, -0.05) is 91.0 Å². The Bertz CT molecular complexity index is 1030. The Kier molecular flexibility index (Phi) is 9.00. The van der Waals surface area contributed by atoms with Crippen LogP contribution in [0.5, 0.6) is 0 Å². The van der Waals surface area contributed by atoms with Crippen molar-refractivity contribution in [3.8, 4) is 0 Å². The molecule has 184 valence electrons. The van der Waals surface area contributed by atoms with Gasteiger partial charge in [-0.05, 0) is 16.7 Å². The first kappa shape index (κ1) is 25.0. The fraction of sp³-hybridized carbons (Fsp3) is 0.321. The molecule has 3 aromatic carbocycles. The average Bonchev–Trinajstić information content (AvgIpc) is 3.17. The number of carbonyl (C=O) groups excluding carboxylic acids is 1. The molecule has 35 heavy (non-hydrogen) atoms. The number of benzene rings is 3. The molecule has 7 nitrogen and oxygen atoms in total. The van der Waals surface area contributed by atoms with Gasteiger partial charge in [-0.25, -0.2) is 0 Å². The number of hydrogen-bond acceptors (Lipinski definition) is 7. The second kappa shape index (κ2) is 12.6. The minimum Gasteiger partial charge on any atom is -0.468 e. The van der Waals surface area contributed by atoms with Crippen molar-refractivity contribution in [3.63, 3.8) is 0 Å². The zero-order chi connectivity index (χ0) is 24.5. The predicted octanol–water partition coefficient (Wildman–Crippen LogP) is 3.99. The van der Waals surface area contributed by atoms with E-state index in [2.05, 4.69) is 0 Å². The number of rotatable bonds is 11. The summed E-state index contributed by atoms with van der Waals surface area (Å²) in [6.07, 6.45) is -1.40. The summed E-state index contributed by atoms with van der Waals surface area (Å²) in [5.41, 5.74) is 2.94. The van der Waals surface area contributed by atoms with Crippen LogP contribution in [0.1, 0.15) is 16.7 Å². The maximum atomic E-state index is 12.7. The lowest BCUT2D eigenvalue weighted by atomic mass is 10.1. The van der Waals surface area contributed by atoms with Crippen molar-refractivity contribution in [1.29, 1.82) is 0 Å². The topological polar surface area (TPSA) is 77.5 Å². The number of ether oxygens (including phenoxy) is 4. The van der Waals surface area contributed by atoms with Gasteiger partial charge in [0, 0.05) is 0 Å². The van der Waals surface area contributed by atoms with Crippen LogP contribution >= 0.6 is 0 Å². The zero-order valence-corrected chi connectivity index (χ0v) is 19.7. The standard InChI is InChI=1S/C28H31NO6/c1-32-28(30)25-27(35-19-23-15-9-4-10-16-23)26(34-18-22-13-7-3-8-14-22)24(29(25)31)20-33-17-21-11-5-2-6-12-21/h2-16,24-27,31H,17-20H2,1H3/t24-,25?,26?,27?/m0/s1. The number of methoxy groups -OCH3 is 1. The fourth-order valence-corrected chi connectivity index (χ4v) is 4.24. The van der Waals surface area contributed by atoms with E-state index in [9.17, 15) is 10.0 Å². The molecule has 1 N–H and O–H groups in total. The van der Waals surface area contributed by atoms with Crippen LogP contribution in [0.25, 0.3) is 0 Å². The second-order valence-corrected chi connectivity index (χ2v) is 8.44. The Morgan fingerprint density at radius 1 is 0.743 bits per heavy atom. The van der Waals surface area contributed by atoms with E-state index < -0.39 is 30.3 Å². The first-order valence-electron chi connectivity index (χ1n) is 11.6. The fourth-order valence-electron chi connectivity index (χ4n) is 4.24. The summed E-state index contributed by atoms with van der Waals surface area (Å²) in [4.78, 5) is 12.7. The summed E-state index contributed by atoms with van der Waals surface area (Å²) in [5.74, 6) is -0.593. The molecule has 0 aliphatic carbocycles. The van der Waals surface area contributed by atoms with E-state index in [-0.39, 0.29) is 13.2 Å². The van der Waals surface area contributed by atoms with Crippen molar-refractivity contribution >= 4 is 5.97 Å². The van der Waals surface area contributed by atoms with Gasteiger partial charge in [0.2, 0.25) is 0 Å². The number of hydroxylamine groups is 2. The molecule has 0 radical (unpaired) electrons. The number of nitrogens with zero attached hydrogens (tertiary/aromatic N) is 1. The lowest BCUT2D eigenvalue weighted by molar-refractivity contribution is -0.187. The molecule has 0 aromatic heterocycles. The van der Waals surface area contributed by atoms with Crippen LogP contribution in [-0.4, -0.2) is 54.2 Å². The van der Waals surface area contributed by atoms with Gasteiger partial charge < -0.3 is 24.2 Å². The number of hydrogen-bond donors (Lipinski definition) is 1. The highest BCUT2D eigenvalue weighted by molar-refractivity contribution is 5.77. The highest BCUT2D eigenvalue weighted by Gasteiger charge is 2.54. The number of esters is 1. The molecule has 1 saturated heterocycles. The number of carbonyl (C=O) groups is 1. The SMILES string of the molecule is COC(=O)C1C(OCc2ccccc2)C(OCc2ccccc2)[C@H](COCc2ccccc2)N1O. The molecule has 4 atom stereocenters. The molecule has 0 spiro atoms. The van der Waals surface area contributed by atoms with E-state index >= 15 is 0 Å². The third-order valence-electron chi connectivity index (χ3n) is 6.05. The van der Waals surface area contributed by atoms with Gasteiger partial charge >= 0.3 is 5.97 Å². The van der Waals surface area contributed by atoms with Gasteiger partial charge in [0.1, 0.15) is 12.2 Å². The van der Waals surface area contributed by atoms with E-state index in [1.807, 2.05) is 91.0 Å². The van der Waals surface area contributed by atoms with Crippen LogP contribution < -0.4 is 0 Å². The minimum absolute atomic E-state index is 0.142. The van der Waals surface area contributed by atoms with Crippen molar-refractivity contribution in [3.05, 3.63) is 108 Å². The lowest BCUT2D eigenvalue weighted by Gasteiger charge is -2.25. The van der Waals surface area contributed by atoms with Crippen LogP contribution in [0.4, 0.5) is 0 Å². The summed E-state index contributed by atoms with van der Waals surface area (Å²) < 4.78 is 23.4. The van der Waals surface area contributed by atoms with Crippen LogP contribution in [0.15, 0.2) is 91.0 Å². The van der Waals surface area contributed by atoms with Crippen molar-refractivity contribution in [2.24, 2.45) is 0 Å². The van der Waals surface area contributed by atoms with Gasteiger partial charge in [0.25, 0.3) is 0 Å². The molecule has 7 heteroatoms. The summed E-state index contributed by atoms with van der Waals surface area (Å²) in [6.45, 7) is 1.07. The Balaban J connectivity index is 1.53. The van der Waals surface area contributed by atoms with Crippen LogP contribution in [-0.2, 0) is 43.6 Å². The molecular formula is C28H31NO6. The van der Waals surface area contributed by atoms with E-state index in [1.165, 1.54) is 7.11 Å². The summed E-state index contributed by atoms with van der Waals surface area (Å²) in [7, 11) is 1.30. The summed E-state index contributed by atoms with van der Waals surface area (Å²) >= 11 is 0. The van der Waals surface area contributed by atoms with Gasteiger partial charge in [0.15, 0.2) is 6.04 Å². The zero-order valence-electron chi connectivity index (χ0n) is 19.7. The third-order valence-corrected chi connectivity index (χ3v) is 6.05. The smallest absolute Gasteiger partial charge is 0.328 e. The molecule has 1 aliphatic rings. The quantitative estimate of drug-likeness (QED) is 0.419. The molecule has 1 aliphatic heterocycles. The maximum absolute atomic E-state index is 12.7. The van der Waals surface area contributed by atoms with Crippen molar-refractivity contribution in [2.75, 3.05) is 13.7 Å². The van der Waals surface area contributed by atoms with E-state index in [0.717, 1.165) is 21.8 Å². The van der Waals surface area contributed by atoms with E-state index in [0.29, 0.717) is 13.2 Å². The largest absolute Gasteiger partial charge is 0.468 e. The molecule has 1 heterocycles. The van der Waals surface area contributed by atoms with E-state index in [4.69, 9.17) is 18.9 Å². The van der Waals surface area contributed by atoms with Crippen LogP contribution in [0.2, 0.25) is 0 Å². The summed E-state index contributed by atoms with van der Waals surface area (Å²) in [5, 5.41) is 12.0. The predicted molar refractivity (Wildman–Crippen MR) is 129 cm³/mol. The molecular weight excluding hydrogens is 446 g/mol. The Labute approximate surface area is 205 Å². The van der Waals surface area contributed by atoms with Gasteiger partial charge in [-0.2, -0.15) is 5.06 Å². The van der Waals surface area contributed by atoms with Gasteiger partial charge in [-0.3, -0.25) is 4.79 Å². The minimum atomic E-state index is -1.05. The molecule has 3 unspecified atom stereocenters. The monoisotopic (exact) mass is 477 g/mol. The molecule has 1 fully saturated rings. The third kappa shape index (κ3) is 6.54. The van der Waals surface area contributed by atoms with Crippen molar-refractivity contribution in [1.82, 2.24) is 5.06 Å². The normalized spacial score (nSPS) is 22.2.